The van der Waals surface area contributed by atoms with E-state index in [4.69, 9.17) is 5.73 Å². The average Bonchev–Trinajstić information content (AvgIpc) is 2.49. The lowest BCUT2D eigenvalue weighted by molar-refractivity contribution is -0.114. The van der Waals surface area contributed by atoms with E-state index in [1.54, 1.807) is 42.6 Å². The average molecular weight is 284 g/mol. The Morgan fingerprint density at radius 3 is 2.14 bits per heavy atom. The predicted molar refractivity (Wildman–Crippen MR) is 80.8 cm³/mol. The maximum atomic E-state index is 12.0. The summed E-state index contributed by atoms with van der Waals surface area (Å²) in [5, 5.41) is 5.38. The number of hydrogen-bond acceptors (Lipinski definition) is 4. The van der Waals surface area contributed by atoms with Gasteiger partial charge in [-0.2, -0.15) is 0 Å². The molecule has 6 heteroatoms. The van der Waals surface area contributed by atoms with Crippen LogP contribution in [-0.4, -0.2) is 16.8 Å². The lowest BCUT2D eigenvalue weighted by Crippen LogP contribution is -2.14. The van der Waals surface area contributed by atoms with E-state index in [9.17, 15) is 9.59 Å². The fraction of sp³-hybridized carbons (Fsp3) is 0.133. The first-order valence-corrected chi connectivity index (χ1v) is 6.42. The monoisotopic (exact) mass is 284 g/mol. The molecule has 0 unspecified atom stereocenters. The molecular weight excluding hydrogens is 268 g/mol. The van der Waals surface area contributed by atoms with Crippen LogP contribution in [0.15, 0.2) is 42.6 Å². The Kier molecular flexibility index (Phi) is 4.63. The van der Waals surface area contributed by atoms with Gasteiger partial charge in [-0.25, -0.2) is 0 Å². The van der Waals surface area contributed by atoms with Gasteiger partial charge in [-0.3, -0.25) is 14.6 Å². The highest BCUT2D eigenvalue weighted by atomic mass is 16.2. The van der Waals surface area contributed by atoms with E-state index in [0.29, 0.717) is 23.6 Å². The summed E-state index contributed by atoms with van der Waals surface area (Å²) < 4.78 is 0. The second-order valence-electron chi connectivity index (χ2n) is 4.47. The minimum Gasteiger partial charge on any atom is -0.326 e. The van der Waals surface area contributed by atoms with Crippen LogP contribution in [0.5, 0.6) is 0 Å². The Hall–Kier alpha value is -2.73. The molecule has 2 rings (SSSR count). The topological polar surface area (TPSA) is 97.1 Å². The first-order valence-electron chi connectivity index (χ1n) is 6.42. The van der Waals surface area contributed by atoms with E-state index in [2.05, 4.69) is 15.6 Å². The smallest absolute Gasteiger partial charge is 0.274 e. The molecule has 0 radical (unpaired) electrons. The Labute approximate surface area is 122 Å². The zero-order valence-electron chi connectivity index (χ0n) is 11.6. The number of amides is 2. The summed E-state index contributed by atoms with van der Waals surface area (Å²) in [6.45, 7) is 1.83. The molecule has 2 amide bonds. The van der Waals surface area contributed by atoms with Crippen LogP contribution in [-0.2, 0) is 11.3 Å². The van der Waals surface area contributed by atoms with E-state index in [1.807, 2.05) is 0 Å². The van der Waals surface area contributed by atoms with Crippen LogP contribution >= 0.6 is 0 Å². The molecule has 0 saturated carbocycles. The number of aromatic nitrogens is 1. The van der Waals surface area contributed by atoms with Crippen LogP contribution in [0.2, 0.25) is 0 Å². The molecule has 1 aromatic carbocycles. The van der Waals surface area contributed by atoms with Crippen molar-refractivity contribution in [1.29, 1.82) is 0 Å². The molecule has 4 N–H and O–H groups in total. The number of nitrogens with two attached hydrogens (primary N) is 1. The van der Waals surface area contributed by atoms with E-state index in [0.717, 1.165) is 5.56 Å². The van der Waals surface area contributed by atoms with E-state index in [1.165, 1.54) is 6.92 Å². The van der Waals surface area contributed by atoms with Crippen LogP contribution < -0.4 is 16.4 Å². The second kappa shape index (κ2) is 6.62. The van der Waals surface area contributed by atoms with Crippen LogP contribution in [0.1, 0.15) is 23.0 Å². The summed E-state index contributed by atoms with van der Waals surface area (Å²) in [7, 11) is 0. The van der Waals surface area contributed by atoms with Crippen molar-refractivity contribution in [1.82, 2.24) is 4.98 Å². The fourth-order valence-corrected chi connectivity index (χ4v) is 1.71. The summed E-state index contributed by atoms with van der Waals surface area (Å²) in [6, 6.07) is 10.2. The van der Waals surface area contributed by atoms with Crippen molar-refractivity contribution in [3.8, 4) is 0 Å². The fourth-order valence-electron chi connectivity index (χ4n) is 1.71. The number of anilines is 2. The molecular formula is C15H16N4O2. The van der Waals surface area contributed by atoms with Gasteiger partial charge in [0.05, 0.1) is 0 Å². The summed E-state index contributed by atoms with van der Waals surface area (Å²) in [6.07, 6.45) is 1.58. The maximum absolute atomic E-state index is 12.0. The molecule has 1 heterocycles. The Morgan fingerprint density at radius 1 is 1.05 bits per heavy atom. The molecule has 0 spiro atoms. The first kappa shape index (κ1) is 14.7. The quantitative estimate of drug-likeness (QED) is 0.796. The highest BCUT2D eigenvalue weighted by Crippen LogP contribution is 2.14. The zero-order valence-corrected chi connectivity index (χ0v) is 11.6. The number of nitrogens with one attached hydrogen (secondary N) is 2. The molecule has 0 atom stereocenters. The van der Waals surface area contributed by atoms with Crippen molar-refractivity contribution >= 4 is 23.2 Å². The van der Waals surface area contributed by atoms with Gasteiger partial charge < -0.3 is 16.4 Å². The third kappa shape index (κ3) is 4.12. The zero-order chi connectivity index (χ0) is 15.2. The van der Waals surface area contributed by atoms with Crippen molar-refractivity contribution < 1.29 is 9.59 Å². The summed E-state index contributed by atoms with van der Waals surface area (Å²) in [5.74, 6) is -0.443. The van der Waals surface area contributed by atoms with Crippen molar-refractivity contribution in [2.24, 2.45) is 5.73 Å². The largest absolute Gasteiger partial charge is 0.326 e. The number of nitrogens with zero attached hydrogens (tertiary/aromatic N) is 1. The minimum atomic E-state index is -0.300. The molecule has 0 fully saturated rings. The number of carbonyl (C=O) groups is 2. The molecule has 0 aliphatic carbocycles. The number of carbonyl (C=O) groups excluding carboxylic acids is 2. The lowest BCUT2D eigenvalue weighted by Gasteiger charge is -2.07. The van der Waals surface area contributed by atoms with Crippen LogP contribution in [0.3, 0.4) is 0 Å². The SMILES string of the molecule is CC(=O)Nc1ccc(NC(=O)c2ccc(CN)cn2)cc1. The standard InChI is InChI=1S/C15H16N4O2/c1-10(20)18-12-3-5-13(6-4-12)19-15(21)14-7-2-11(8-16)9-17-14/h2-7,9H,8,16H2,1H3,(H,18,20)(H,19,21). The predicted octanol–water partition coefficient (Wildman–Crippen LogP) is 1.75. The van der Waals surface area contributed by atoms with E-state index in [-0.39, 0.29) is 11.8 Å². The van der Waals surface area contributed by atoms with Crippen molar-refractivity contribution in [2.75, 3.05) is 10.6 Å². The third-order valence-corrected chi connectivity index (χ3v) is 2.76. The van der Waals surface area contributed by atoms with Gasteiger partial charge in [0, 0.05) is 31.0 Å². The Morgan fingerprint density at radius 2 is 1.67 bits per heavy atom. The molecule has 0 saturated heterocycles. The summed E-state index contributed by atoms with van der Waals surface area (Å²) >= 11 is 0. The molecule has 2 aromatic rings. The van der Waals surface area contributed by atoms with Gasteiger partial charge in [0.2, 0.25) is 5.91 Å². The summed E-state index contributed by atoms with van der Waals surface area (Å²) in [4.78, 5) is 27.0. The van der Waals surface area contributed by atoms with Crippen LogP contribution in [0.4, 0.5) is 11.4 Å². The van der Waals surface area contributed by atoms with Gasteiger partial charge in [0.25, 0.3) is 5.91 Å². The lowest BCUT2D eigenvalue weighted by atomic mass is 10.2. The number of pyridine rings is 1. The Balaban J connectivity index is 2.03. The molecule has 6 nitrogen and oxygen atoms in total. The third-order valence-electron chi connectivity index (χ3n) is 2.76. The van der Waals surface area contributed by atoms with E-state index >= 15 is 0 Å². The van der Waals surface area contributed by atoms with Crippen LogP contribution in [0, 0.1) is 0 Å². The number of benzene rings is 1. The van der Waals surface area contributed by atoms with Crippen molar-refractivity contribution in [2.45, 2.75) is 13.5 Å². The van der Waals surface area contributed by atoms with Gasteiger partial charge in [-0.05, 0) is 35.9 Å². The minimum absolute atomic E-state index is 0.143. The summed E-state index contributed by atoms with van der Waals surface area (Å²) in [5.41, 5.74) is 7.96. The second-order valence-corrected chi connectivity index (χ2v) is 4.47. The number of hydrogen-bond donors (Lipinski definition) is 3. The van der Waals surface area contributed by atoms with Gasteiger partial charge in [0.1, 0.15) is 5.69 Å². The van der Waals surface area contributed by atoms with Gasteiger partial charge in [0.15, 0.2) is 0 Å². The normalized spacial score (nSPS) is 10.0. The maximum Gasteiger partial charge on any atom is 0.274 e. The highest BCUT2D eigenvalue weighted by molar-refractivity contribution is 6.03. The molecule has 108 valence electrons. The number of rotatable bonds is 4. The van der Waals surface area contributed by atoms with Gasteiger partial charge in [-0.15, -0.1) is 0 Å². The van der Waals surface area contributed by atoms with Crippen molar-refractivity contribution in [3.63, 3.8) is 0 Å². The molecule has 0 aliphatic heterocycles. The van der Waals surface area contributed by atoms with Gasteiger partial charge in [-0.1, -0.05) is 6.07 Å². The van der Waals surface area contributed by atoms with E-state index < -0.39 is 0 Å². The molecule has 1 aromatic heterocycles. The van der Waals surface area contributed by atoms with Gasteiger partial charge >= 0.3 is 0 Å². The highest BCUT2D eigenvalue weighted by Gasteiger charge is 2.07. The van der Waals surface area contributed by atoms with Crippen LogP contribution in [0.25, 0.3) is 0 Å². The molecule has 21 heavy (non-hydrogen) atoms. The molecule has 0 bridgehead atoms. The first-order chi connectivity index (χ1) is 10.1. The van der Waals surface area contributed by atoms with Crippen molar-refractivity contribution in [3.05, 3.63) is 53.9 Å². The molecule has 0 aliphatic rings. The Bertz CT molecular complexity index is 636.